The largest absolute Gasteiger partial charge is 0.491 e. The van der Waals surface area contributed by atoms with Gasteiger partial charge in [0.05, 0.1) is 6.07 Å². The Kier molecular flexibility index (Phi) is 3.92. The molecule has 0 radical (unpaired) electrons. The monoisotopic (exact) mass is 218 g/mol. The summed E-state index contributed by atoms with van der Waals surface area (Å²) in [5.74, 6) is 0.814. The number of ether oxygens (including phenoxy) is 1. The summed E-state index contributed by atoms with van der Waals surface area (Å²) in [5, 5.41) is 11.9. The maximum Gasteiger partial charge on any atom is 0.137 e. The molecule has 1 unspecified atom stereocenters. The van der Waals surface area contributed by atoms with E-state index in [1.54, 1.807) is 7.05 Å². The average Bonchev–Trinajstić information content (AvgIpc) is 2.25. The molecule has 1 atom stereocenters. The molecule has 0 aliphatic rings. The molecule has 0 spiro atoms. The molecule has 0 fully saturated rings. The van der Waals surface area contributed by atoms with E-state index in [2.05, 4.69) is 17.5 Å². The topological polar surface area (TPSA) is 45.0 Å². The number of likely N-dealkylation sites (N-methyl/N-ethyl adjacent to an activating group) is 1. The number of nitriles is 1. The lowest BCUT2D eigenvalue weighted by Crippen LogP contribution is -2.43. The SMILES string of the molecule is CNC(C)(C#N)COc1cc(C)cc(C)c1. The van der Waals surface area contributed by atoms with E-state index in [4.69, 9.17) is 10.00 Å². The molecule has 1 N–H and O–H groups in total. The minimum absolute atomic E-state index is 0.336. The van der Waals surface area contributed by atoms with Crippen LogP contribution >= 0.6 is 0 Å². The van der Waals surface area contributed by atoms with Crippen LogP contribution in [0.25, 0.3) is 0 Å². The van der Waals surface area contributed by atoms with Crippen molar-refractivity contribution in [1.82, 2.24) is 5.32 Å². The van der Waals surface area contributed by atoms with Gasteiger partial charge in [0.1, 0.15) is 17.9 Å². The average molecular weight is 218 g/mol. The van der Waals surface area contributed by atoms with E-state index in [1.165, 1.54) is 0 Å². The minimum Gasteiger partial charge on any atom is -0.491 e. The van der Waals surface area contributed by atoms with E-state index >= 15 is 0 Å². The van der Waals surface area contributed by atoms with E-state index in [0.29, 0.717) is 6.61 Å². The van der Waals surface area contributed by atoms with Crippen molar-refractivity contribution in [3.63, 3.8) is 0 Å². The van der Waals surface area contributed by atoms with Gasteiger partial charge in [-0.25, -0.2) is 0 Å². The van der Waals surface area contributed by atoms with Gasteiger partial charge in [0, 0.05) is 0 Å². The van der Waals surface area contributed by atoms with Crippen molar-refractivity contribution in [2.45, 2.75) is 26.3 Å². The Labute approximate surface area is 97.0 Å². The third-order valence-corrected chi connectivity index (χ3v) is 2.52. The Bertz CT molecular complexity index is 389. The van der Waals surface area contributed by atoms with Crippen LogP contribution in [0.2, 0.25) is 0 Å². The first-order valence-corrected chi connectivity index (χ1v) is 5.30. The molecule has 0 amide bonds. The highest BCUT2D eigenvalue weighted by Gasteiger charge is 2.22. The van der Waals surface area contributed by atoms with Crippen molar-refractivity contribution in [3.8, 4) is 11.8 Å². The molecule has 0 aromatic heterocycles. The van der Waals surface area contributed by atoms with Crippen LogP contribution in [0.1, 0.15) is 18.1 Å². The summed E-state index contributed by atoms with van der Waals surface area (Å²) < 4.78 is 5.63. The van der Waals surface area contributed by atoms with E-state index in [1.807, 2.05) is 32.9 Å². The standard InChI is InChI=1S/C13H18N2O/c1-10-5-11(2)7-12(6-10)16-9-13(3,8-14)15-4/h5-7,15H,9H2,1-4H3. The zero-order valence-electron chi connectivity index (χ0n) is 10.3. The smallest absolute Gasteiger partial charge is 0.137 e. The maximum atomic E-state index is 8.98. The number of benzene rings is 1. The van der Waals surface area contributed by atoms with E-state index < -0.39 is 5.54 Å². The number of nitrogens with one attached hydrogen (secondary N) is 1. The molecule has 16 heavy (non-hydrogen) atoms. The normalized spacial score (nSPS) is 13.9. The Morgan fingerprint density at radius 2 is 1.88 bits per heavy atom. The quantitative estimate of drug-likeness (QED) is 0.842. The molecule has 0 bridgehead atoms. The van der Waals surface area contributed by atoms with Crippen LogP contribution in [0.15, 0.2) is 18.2 Å². The van der Waals surface area contributed by atoms with Crippen molar-refractivity contribution in [1.29, 1.82) is 5.26 Å². The van der Waals surface area contributed by atoms with Gasteiger partial charge in [0.25, 0.3) is 0 Å². The Balaban J connectivity index is 2.72. The lowest BCUT2D eigenvalue weighted by molar-refractivity contribution is 0.242. The molecule has 0 aliphatic heterocycles. The summed E-state index contributed by atoms with van der Waals surface area (Å²) in [7, 11) is 1.76. The Morgan fingerprint density at radius 1 is 1.31 bits per heavy atom. The fraction of sp³-hybridized carbons (Fsp3) is 0.462. The number of nitrogens with zero attached hydrogens (tertiary/aromatic N) is 1. The van der Waals surface area contributed by atoms with Crippen LogP contribution < -0.4 is 10.1 Å². The first-order chi connectivity index (χ1) is 7.49. The molecular weight excluding hydrogens is 200 g/mol. The summed E-state index contributed by atoms with van der Waals surface area (Å²) in [6, 6.07) is 8.23. The molecule has 3 nitrogen and oxygen atoms in total. The van der Waals surface area contributed by atoms with E-state index in [9.17, 15) is 0 Å². The molecule has 1 aromatic rings. The highest BCUT2D eigenvalue weighted by molar-refractivity contribution is 5.33. The molecule has 86 valence electrons. The number of hydrogen-bond donors (Lipinski definition) is 1. The predicted molar refractivity (Wildman–Crippen MR) is 64.5 cm³/mol. The Morgan fingerprint density at radius 3 is 2.31 bits per heavy atom. The number of aryl methyl sites for hydroxylation is 2. The van der Waals surface area contributed by atoms with Gasteiger partial charge >= 0.3 is 0 Å². The third kappa shape index (κ3) is 3.25. The zero-order chi connectivity index (χ0) is 12.2. The van der Waals surface area contributed by atoms with Gasteiger partial charge in [-0.15, -0.1) is 0 Å². The second-order valence-corrected chi connectivity index (χ2v) is 4.31. The first-order valence-electron chi connectivity index (χ1n) is 5.30. The summed E-state index contributed by atoms with van der Waals surface area (Å²) in [6.07, 6.45) is 0. The van der Waals surface area contributed by atoms with Crippen molar-refractivity contribution < 1.29 is 4.74 Å². The van der Waals surface area contributed by atoms with Gasteiger partial charge in [0.2, 0.25) is 0 Å². The third-order valence-electron chi connectivity index (χ3n) is 2.52. The van der Waals surface area contributed by atoms with Crippen molar-refractivity contribution >= 4 is 0 Å². The van der Waals surface area contributed by atoms with Crippen LogP contribution in [0, 0.1) is 25.2 Å². The second-order valence-electron chi connectivity index (χ2n) is 4.31. The van der Waals surface area contributed by atoms with Crippen LogP contribution in [0.3, 0.4) is 0 Å². The second kappa shape index (κ2) is 5.00. The minimum atomic E-state index is -0.641. The van der Waals surface area contributed by atoms with Crippen molar-refractivity contribution in [2.75, 3.05) is 13.7 Å². The van der Waals surface area contributed by atoms with E-state index in [-0.39, 0.29) is 0 Å². The van der Waals surface area contributed by atoms with Crippen molar-refractivity contribution in [3.05, 3.63) is 29.3 Å². The lowest BCUT2D eigenvalue weighted by atomic mass is 10.1. The fourth-order valence-corrected chi connectivity index (χ4v) is 1.40. The highest BCUT2D eigenvalue weighted by Crippen LogP contribution is 2.17. The van der Waals surface area contributed by atoms with E-state index in [0.717, 1.165) is 16.9 Å². The van der Waals surface area contributed by atoms with Gasteiger partial charge < -0.3 is 4.74 Å². The lowest BCUT2D eigenvalue weighted by Gasteiger charge is -2.21. The molecule has 0 saturated carbocycles. The van der Waals surface area contributed by atoms with Crippen LogP contribution in [0.4, 0.5) is 0 Å². The number of hydrogen-bond acceptors (Lipinski definition) is 3. The van der Waals surface area contributed by atoms with Gasteiger partial charge in [-0.3, -0.25) is 5.32 Å². The fourth-order valence-electron chi connectivity index (χ4n) is 1.40. The molecule has 1 aromatic carbocycles. The van der Waals surface area contributed by atoms with Gasteiger partial charge in [-0.2, -0.15) is 5.26 Å². The summed E-state index contributed by atoms with van der Waals surface area (Å²) >= 11 is 0. The van der Waals surface area contributed by atoms with Crippen LogP contribution in [0.5, 0.6) is 5.75 Å². The summed E-state index contributed by atoms with van der Waals surface area (Å²) in [6.45, 7) is 6.21. The molecule has 0 saturated heterocycles. The summed E-state index contributed by atoms with van der Waals surface area (Å²) in [4.78, 5) is 0. The van der Waals surface area contributed by atoms with Crippen LogP contribution in [-0.2, 0) is 0 Å². The summed E-state index contributed by atoms with van der Waals surface area (Å²) in [5.41, 5.74) is 1.69. The maximum absolute atomic E-state index is 8.98. The Hall–Kier alpha value is -1.53. The zero-order valence-corrected chi connectivity index (χ0v) is 10.3. The first kappa shape index (κ1) is 12.5. The van der Waals surface area contributed by atoms with Crippen LogP contribution in [-0.4, -0.2) is 19.2 Å². The van der Waals surface area contributed by atoms with Crippen molar-refractivity contribution in [2.24, 2.45) is 0 Å². The molecule has 0 aliphatic carbocycles. The highest BCUT2D eigenvalue weighted by atomic mass is 16.5. The molecular formula is C13H18N2O. The molecule has 0 heterocycles. The number of rotatable bonds is 4. The predicted octanol–water partition coefficient (Wildman–Crippen LogP) is 2.18. The van der Waals surface area contributed by atoms with Gasteiger partial charge in [-0.05, 0) is 51.1 Å². The molecule has 1 rings (SSSR count). The van der Waals surface area contributed by atoms with Gasteiger partial charge in [0.15, 0.2) is 0 Å². The van der Waals surface area contributed by atoms with Gasteiger partial charge in [-0.1, -0.05) is 6.07 Å². The molecule has 3 heteroatoms.